The fraction of sp³-hybridized carbons (Fsp3) is 0.478. The van der Waals surface area contributed by atoms with Crippen LogP contribution in [-0.2, 0) is 16.0 Å². The Morgan fingerprint density at radius 2 is 1.75 bits per heavy atom. The van der Waals surface area contributed by atoms with Crippen LogP contribution in [0.25, 0.3) is 0 Å². The molecule has 0 spiro atoms. The van der Waals surface area contributed by atoms with Gasteiger partial charge in [-0.1, -0.05) is 43.7 Å². The molecule has 1 atom stereocenters. The molecule has 0 aliphatic carbocycles. The SMILES string of the molecule is CCCC(C(=O)N1CCC(C(=O)NCCc2ccccc2)CC1)n1cccc1. The molecule has 1 N–H and O–H groups in total. The molecule has 1 aromatic carbocycles. The normalized spacial score (nSPS) is 16.0. The van der Waals surface area contributed by atoms with Crippen LogP contribution in [0.5, 0.6) is 0 Å². The van der Waals surface area contributed by atoms with E-state index in [-0.39, 0.29) is 23.8 Å². The molecule has 1 saturated heterocycles. The van der Waals surface area contributed by atoms with Crippen molar-refractivity contribution in [1.82, 2.24) is 14.8 Å². The predicted molar refractivity (Wildman–Crippen MR) is 111 cm³/mol. The number of hydrogen-bond donors (Lipinski definition) is 1. The molecule has 3 rings (SSSR count). The number of carbonyl (C=O) groups is 2. The lowest BCUT2D eigenvalue weighted by Gasteiger charge is -2.34. The second kappa shape index (κ2) is 10.1. The van der Waals surface area contributed by atoms with Crippen LogP contribution in [0.2, 0.25) is 0 Å². The van der Waals surface area contributed by atoms with Gasteiger partial charge in [0.15, 0.2) is 0 Å². The standard InChI is InChI=1S/C23H31N3O2/c1-2-8-21(25-15-6-7-16-25)23(28)26-17-12-20(13-18-26)22(27)24-14-11-19-9-4-3-5-10-19/h3-7,9-10,15-16,20-21H,2,8,11-14,17-18H2,1H3,(H,24,27). The first-order valence-corrected chi connectivity index (χ1v) is 10.4. The summed E-state index contributed by atoms with van der Waals surface area (Å²) < 4.78 is 2.01. The molecule has 28 heavy (non-hydrogen) atoms. The third-order valence-electron chi connectivity index (χ3n) is 5.57. The Morgan fingerprint density at radius 3 is 2.39 bits per heavy atom. The van der Waals surface area contributed by atoms with Crippen molar-refractivity contribution in [2.24, 2.45) is 5.92 Å². The third kappa shape index (κ3) is 5.24. The van der Waals surface area contributed by atoms with Gasteiger partial charge in [-0.3, -0.25) is 9.59 Å². The molecule has 0 radical (unpaired) electrons. The van der Waals surface area contributed by atoms with E-state index >= 15 is 0 Å². The van der Waals surface area contributed by atoms with Gasteiger partial charge in [0.25, 0.3) is 0 Å². The zero-order valence-electron chi connectivity index (χ0n) is 16.7. The van der Waals surface area contributed by atoms with Crippen LogP contribution < -0.4 is 5.32 Å². The van der Waals surface area contributed by atoms with Gasteiger partial charge in [0.1, 0.15) is 6.04 Å². The number of carbonyl (C=O) groups excluding carboxylic acids is 2. The van der Waals surface area contributed by atoms with Crippen LogP contribution in [0.1, 0.15) is 44.2 Å². The molecule has 1 unspecified atom stereocenters. The topological polar surface area (TPSA) is 54.3 Å². The minimum absolute atomic E-state index is 0.0102. The minimum atomic E-state index is -0.128. The molecule has 0 saturated carbocycles. The van der Waals surface area contributed by atoms with Gasteiger partial charge in [-0.15, -0.1) is 0 Å². The third-order valence-corrected chi connectivity index (χ3v) is 5.57. The van der Waals surface area contributed by atoms with E-state index in [0.29, 0.717) is 19.6 Å². The van der Waals surface area contributed by atoms with Crippen molar-refractivity contribution in [1.29, 1.82) is 0 Å². The number of nitrogens with zero attached hydrogens (tertiary/aromatic N) is 2. The molecule has 2 amide bonds. The van der Waals surface area contributed by atoms with Crippen LogP contribution in [-0.4, -0.2) is 40.9 Å². The minimum Gasteiger partial charge on any atom is -0.356 e. The van der Waals surface area contributed by atoms with Gasteiger partial charge < -0.3 is 14.8 Å². The second-order valence-corrected chi connectivity index (χ2v) is 7.56. The molecular formula is C23H31N3O2. The predicted octanol–water partition coefficient (Wildman–Crippen LogP) is 3.43. The molecule has 5 nitrogen and oxygen atoms in total. The summed E-state index contributed by atoms with van der Waals surface area (Å²) in [6.07, 6.45) is 8.07. The van der Waals surface area contributed by atoms with Gasteiger partial charge in [0.05, 0.1) is 0 Å². The molecular weight excluding hydrogens is 350 g/mol. The highest BCUT2D eigenvalue weighted by atomic mass is 16.2. The van der Waals surface area contributed by atoms with Crippen molar-refractivity contribution in [3.05, 3.63) is 60.4 Å². The summed E-state index contributed by atoms with van der Waals surface area (Å²) in [4.78, 5) is 27.4. The van der Waals surface area contributed by atoms with E-state index < -0.39 is 0 Å². The van der Waals surface area contributed by atoms with E-state index in [1.54, 1.807) is 0 Å². The molecule has 1 aliphatic heterocycles. The molecule has 2 heterocycles. The Balaban J connectivity index is 1.45. The smallest absolute Gasteiger partial charge is 0.245 e. The first-order valence-electron chi connectivity index (χ1n) is 10.4. The molecule has 1 aromatic heterocycles. The molecule has 5 heteroatoms. The van der Waals surface area contributed by atoms with E-state index in [0.717, 1.165) is 32.1 Å². The van der Waals surface area contributed by atoms with Gasteiger partial charge in [-0.25, -0.2) is 0 Å². The molecule has 2 aromatic rings. The summed E-state index contributed by atoms with van der Waals surface area (Å²) >= 11 is 0. The second-order valence-electron chi connectivity index (χ2n) is 7.56. The number of piperidine rings is 1. The lowest BCUT2D eigenvalue weighted by molar-refractivity contribution is -0.138. The Bertz CT molecular complexity index is 734. The largest absolute Gasteiger partial charge is 0.356 e. The van der Waals surface area contributed by atoms with Crippen LogP contribution in [0.3, 0.4) is 0 Å². The molecule has 1 aliphatic rings. The van der Waals surface area contributed by atoms with Gasteiger partial charge in [-0.05, 0) is 43.4 Å². The number of likely N-dealkylation sites (tertiary alicyclic amines) is 1. The van der Waals surface area contributed by atoms with Crippen molar-refractivity contribution in [2.45, 2.75) is 45.1 Å². The van der Waals surface area contributed by atoms with E-state index in [9.17, 15) is 9.59 Å². The average molecular weight is 382 g/mol. The lowest BCUT2D eigenvalue weighted by Crippen LogP contribution is -2.45. The van der Waals surface area contributed by atoms with Crippen LogP contribution in [0, 0.1) is 5.92 Å². The van der Waals surface area contributed by atoms with Gasteiger partial charge in [-0.2, -0.15) is 0 Å². The zero-order valence-corrected chi connectivity index (χ0v) is 16.7. The maximum atomic E-state index is 13.0. The molecule has 1 fully saturated rings. The Morgan fingerprint density at radius 1 is 1.07 bits per heavy atom. The summed E-state index contributed by atoms with van der Waals surface area (Å²) in [5, 5.41) is 3.06. The highest BCUT2D eigenvalue weighted by Gasteiger charge is 2.30. The lowest BCUT2D eigenvalue weighted by atomic mass is 9.95. The molecule has 0 bridgehead atoms. The zero-order chi connectivity index (χ0) is 19.8. The Labute approximate surface area is 167 Å². The Hall–Kier alpha value is -2.56. The fourth-order valence-corrected chi connectivity index (χ4v) is 3.92. The number of hydrogen-bond acceptors (Lipinski definition) is 2. The van der Waals surface area contributed by atoms with Crippen molar-refractivity contribution in [3.8, 4) is 0 Å². The highest BCUT2D eigenvalue weighted by molar-refractivity contribution is 5.82. The average Bonchev–Trinajstić information content (AvgIpc) is 3.27. The van der Waals surface area contributed by atoms with Crippen LogP contribution in [0.15, 0.2) is 54.9 Å². The van der Waals surface area contributed by atoms with E-state index in [1.807, 2.05) is 52.2 Å². The van der Waals surface area contributed by atoms with Crippen molar-refractivity contribution in [3.63, 3.8) is 0 Å². The van der Waals surface area contributed by atoms with Gasteiger partial charge in [0, 0.05) is 37.9 Å². The number of nitrogens with one attached hydrogen (secondary N) is 1. The van der Waals surface area contributed by atoms with E-state index in [1.165, 1.54) is 5.56 Å². The summed E-state index contributed by atoms with van der Waals surface area (Å²) in [5.74, 6) is 0.315. The van der Waals surface area contributed by atoms with E-state index in [2.05, 4.69) is 24.4 Å². The van der Waals surface area contributed by atoms with Gasteiger partial charge >= 0.3 is 0 Å². The van der Waals surface area contributed by atoms with Crippen LogP contribution in [0.4, 0.5) is 0 Å². The number of rotatable bonds is 8. The van der Waals surface area contributed by atoms with Crippen LogP contribution >= 0.6 is 0 Å². The number of benzene rings is 1. The number of aromatic nitrogens is 1. The van der Waals surface area contributed by atoms with E-state index in [4.69, 9.17) is 0 Å². The van der Waals surface area contributed by atoms with Gasteiger partial charge in [0.2, 0.25) is 11.8 Å². The van der Waals surface area contributed by atoms with Crippen molar-refractivity contribution >= 4 is 11.8 Å². The maximum Gasteiger partial charge on any atom is 0.245 e. The summed E-state index contributed by atoms with van der Waals surface area (Å²) in [7, 11) is 0. The van der Waals surface area contributed by atoms with Crippen molar-refractivity contribution in [2.75, 3.05) is 19.6 Å². The summed E-state index contributed by atoms with van der Waals surface area (Å²) in [5.41, 5.74) is 1.23. The van der Waals surface area contributed by atoms with Crippen molar-refractivity contribution < 1.29 is 9.59 Å². The summed E-state index contributed by atoms with van der Waals surface area (Å²) in [6.45, 7) is 4.10. The Kier molecular flexibility index (Phi) is 7.29. The number of amides is 2. The molecule has 150 valence electrons. The quantitative estimate of drug-likeness (QED) is 0.762. The summed E-state index contributed by atoms with van der Waals surface area (Å²) in [6, 6.07) is 14.0. The first kappa shape index (κ1) is 20.2. The maximum absolute atomic E-state index is 13.0. The highest BCUT2D eigenvalue weighted by Crippen LogP contribution is 2.23. The fourth-order valence-electron chi connectivity index (χ4n) is 3.92. The monoisotopic (exact) mass is 381 g/mol. The first-order chi connectivity index (χ1) is 13.7.